The fourth-order valence-electron chi connectivity index (χ4n) is 3.42. The van der Waals surface area contributed by atoms with Crippen LogP contribution in [0.1, 0.15) is 37.8 Å². The van der Waals surface area contributed by atoms with Crippen LogP contribution in [0.4, 0.5) is 0 Å². The number of benzene rings is 2. The van der Waals surface area contributed by atoms with Crippen molar-refractivity contribution in [1.82, 2.24) is 10.6 Å². The molecule has 3 rings (SSSR count). The number of hydrogen-bond acceptors (Lipinski definition) is 2. The largest absolute Gasteiger partial charge is 0.353 e. The highest BCUT2D eigenvalue weighted by molar-refractivity contribution is 5.88. The first-order chi connectivity index (χ1) is 13.0. The molecule has 0 radical (unpaired) electrons. The second-order valence-electron chi connectivity index (χ2n) is 7.82. The minimum absolute atomic E-state index is 0.0246. The average molecular weight is 364 g/mol. The highest BCUT2D eigenvalue weighted by Crippen LogP contribution is 2.47. The standard InChI is InChI=1S/C23H28N2O2/c1-17(2)21(25-20(26)15-18-9-5-3-6-10-18)22(27)24-16-23(13-14-23)19-11-7-4-8-12-19/h3-12,17,21H,13-16H2,1-2H3,(H,24,27)(H,25,26)/t21-/m1/s1. The third-order valence-electron chi connectivity index (χ3n) is 5.31. The van der Waals surface area contributed by atoms with Crippen LogP contribution in [0.25, 0.3) is 0 Å². The molecule has 2 N–H and O–H groups in total. The summed E-state index contributed by atoms with van der Waals surface area (Å²) in [5.41, 5.74) is 2.28. The lowest BCUT2D eigenvalue weighted by molar-refractivity contribution is -0.129. The van der Waals surface area contributed by atoms with E-state index in [1.807, 2.05) is 62.4 Å². The maximum Gasteiger partial charge on any atom is 0.242 e. The van der Waals surface area contributed by atoms with Crippen LogP contribution in [0.5, 0.6) is 0 Å². The Morgan fingerprint density at radius 2 is 1.56 bits per heavy atom. The van der Waals surface area contributed by atoms with Crippen LogP contribution in [0.15, 0.2) is 60.7 Å². The normalized spacial score (nSPS) is 15.8. The van der Waals surface area contributed by atoms with Crippen molar-refractivity contribution in [2.24, 2.45) is 5.92 Å². The van der Waals surface area contributed by atoms with Crippen molar-refractivity contribution in [3.05, 3.63) is 71.8 Å². The van der Waals surface area contributed by atoms with E-state index in [-0.39, 0.29) is 29.6 Å². The summed E-state index contributed by atoms with van der Waals surface area (Å²) in [6, 6.07) is 19.4. The van der Waals surface area contributed by atoms with Gasteiger partial charge >= 0.3 is 0 Å². The Hall–Kier alpha value is -2.62. The summed E-state index contributed by atoms with van der Waals surface area (Å²) in [5.74, 6) is -0.204. The fraction of sp³-hybridized carbons (Fsp3) is 0.391. The molecular formula is C23H28N2O2. The summed E-state index contributed by atoms with van der Waals surface area (Å²) in [4.78, 5) is 25.1. The topological polar surface area (TPSA) is 58.2 Å². The number of nitrogens with one attached hydrogen (secondary N) is 2. The first-order valence-electron chi connectivity index (χ1n) is 9.67. The molecule has 4 heteroatoms. The zero-order valence-corrected chi connectivity index (χ0v) is 16.1. The van der Waals surface area contributed by atoms with Crippen LogP contribution in [0, 0.1) is 5.92 Å². The van der Waals surface area contributed by atoms with E-state index in [1.54, 1.807) is 0 Å². The van der Waals surface area contributed by atoms with Gasteiger partial charge in [0.15, 0.2) is 0 Å². The van der Waals surface area contributed by atoms with Crippen LogP contribution in [0.2, 0.25) is 0 Å². The Morgan fingerprint density at radius 1 is 0.963 bits per heavy atom. The van der Waals surface area contributed by atoms with Crippen molar-refractivity contribution >= 4 is 11.8 Å². The maximum absolute atomic E-state index is 12.8. The van der Waals surface area contributed by atoms with Gasteiger partial charge < -0.3 is 10.6 Å². The van der Waals surface area contributed by atoms with Crippen molar-refractivity contribution in [1.29, 1.82) is 0 Å². The van der Waals surface area contributed by atoms with E-state index in [0.29, 0.717) is 6.54 Å². The molecule has 1 fully saturated rings. The molecule has 1 aliphatic carbocycles. The Kier molecular flexibility index (Phi) is 5.94. The monoisotopic (exact) mass is 364 g/mol. The molecule has 1 saturated carbocycles. The summed E-state index contributed by atoms with van der Waals surface area (Å²) in [6.07, 6.45) is 2.46. The van der Waals surface area contributed by atoms with Gasteiger partial charge in [0, 0.05) is 12.0 Å². The molecule has 2 aromatic rings. The lowest BCUT2D eigenvalue weighted by atomic mass is 9.95. The van der Waals surface area contributed by atoms with Gasteiger partial charge in [-0.2, -0.15) is 0 Å². The summed E-state index contributed by atoms with van der Waals surface area (Å²) < 4.78 is 0. The SMILES string of the molecule is CC(C)[C@@H](NC(=O)Cc1ccccc1)C(=O)NCC1(c2ccccc2)CC1. The van der Waals surface area contributed by atoms with Crippen molar-refractivity contribution in [2.75, 3.05) is 6.54 Å². The average Bonchev–Trinajstić information content (AvgIpc) is 3.47. The van der Waals surface area contributed by atoms with Gasteiger partial charge in [-0.25, -0.2) is 0 Å². The van der Waals surface area contributed by atoms with Gasteiger partial charge in [0.25, 0.3) is 0 Å². The Balaban J connectivity index is 1.56. The quantitative estimate of drug-likeness (QED) is 0.756. The summed E-state index contributed by atoms with van der Waals surface area (Å²) >= 11 is 0. The van der Waals surface area contributed by atoms with E-state index < -0.39 is 6.04 Å². The van der Waals surface area contributed by atoms with E-state index in [4.69, 9.17) is 0 Å². The van der Waals surface area contributed by atoms with Crippen molar-refractivity contribution in [3.63, 3.8) is 0 Å². The molecule has 0 aliphatic heterocycles. The Bertz CT molecular complexity index is 767. The predicted molar refractivity (Wildman–Crippen MR) is 107 cm³/mol. The molecule has 4 nitrogen and oxygen atoms in total. The third kappa shape index (κ3) is 4.97. The smallest absolute Gasteiger partial charge is 0.242 e. The summed E-state index contributed by atoms with van der Waals surface area (Å²) in [6.45, 7) is 4.53. The number of amides is 2. The van der Waals surface area contributed by atoms with Crippen LogP contribution >= 0.6 is 0 Å². The Labute approximate surface area is 161 Å². The second-order valence-corrected chi connectivity index (χ2v) is 7.82. The van der Waals surface area contributed by atoms with Crippen LogP contribution < -0.4 is 10.6 Å². The van der Waals surface area contributed by atoms with Gasteiger partial charge in [-0.1, -0.05) is 74.5 Å². The van der Waals surface area contributed by atoms with Gasteiger partial charge in [0.05, 0.1) is 6.42 Å². The summed E-state index contributed by atoms with van der Waals surface area (Å²) in [7, 11) is 0. The second kappa shape index (κ2) is 8.38. The number of rotatable bonds is 8. The van der Waals surface area contributed by atoms with E-state index in [9.17, 15) is 9.59 Å². The first kappa shape index (κ1) is 19.2. The van der Waals surface area contributed by atoms with E-state index in [1.165, 1.54) is 5.56 Å². The fourth-order valence-corrected chi connectivity index (χ4v) is 3.42. The maximum atomic E-state index is 12.8. The van der Waals surface area contributed by atoms with Crippen molar-refractivity contribution in [2.45, 2.75) is 44.6 Å². The minimum Gasteiger partial charge on any atom is -0.353 e. The number of hydrogen-bond donors (Lipinski definition) is 2. The van der Waals surface area contributed by atoms with E-state index in [2.05, 4.69) is 22.8 Å². The Morgan fingerprint density at radius 3 is 2.11 bits per heavy atom. The van der Waals surface area contributed by atoms with Gasteiger partial charge in [0.1, 0.15) is 6.04 Å². The van der Waals surface area contributed by atoms with Crippen LogP contribution in [-0.4, -0.2) is 24.4 Å². The van der Waals surface area contributed by atoms with E-state index >= 15 is 0 Å². The molecule has 0 spiro atoms. The number of carbonyl (C=O) groups is 2. The molecule has 27 heavy (non-hydrogen) atoms. The highest BCUT2D eigenvalue weighted by atomic mass is 16.2. The van der Waals surface area contributed by atoms with Crippen LogP contribution in [-0.2, 0) is 21.4 Å². The molecule has 0 saturated heterocycles. The molecule has 142 valence electrons. The van der Waals surface area contributed by atoms with Gasteiger partial charge in [-0.05, 0) is 29.9 Å². The highest BCUT2D eigenvalue weighted by Gasteiger charge is 2.44. The predicted octanol–water partition coefficient (Wildman–Crippen LogP) is 3.22. The lowest BCUT2D eigenvalue weighted by Gasteiger charge is -2.24. The van der Waals surface area contributed by atoms with Crippen molar-refractivity contribution in [3.8, 4) is 0 Å². The third-order valence-corrected chi connectivity index (χ3v) is 5.31. The molecule has 1 aliphatic rings. The molecule has 2 aromatic carbocycles. The summed E-state index contributed by atoms with van der Waals surface area (Å²) in [5, 5.41) is 5.99. The van der Waals surface area contributed by atoms with Gasteiger partial charge in [-0.3, -0.25) is 9.59 Å². The molecule has 0 aromatic heterocycles. The molecule has 0 heterocycles. The van der Waals surface area contributed by atoms with E-state index in [0.717, 1.165) is 18.4 Å². The molecule has 0 bridgehead atoms. The molecule has 1 atom stereocenters. The van der Waals surface area contributed by atoms with Crippen LogP contribution in [0.3, 0.4) is 0 Å². The van der Waals surface area contributed by atoms with Gasteiger partial charge in [-0.15, -0.1) is 0 Å². The molecule has 0 unspecified atom stereocenters. The zero-order chi connectivity index (χ0) is 19.3. The lowest BCUT2D eigenvalue weighted by Crippen LogP contribution is -2.51. The zero-order valence-electron chi connectivity index (χ0n) is 16.1. The molecular weight excluding hydrogens is 336 g/mol. The van der Waals surface area contributed by atoms with Gasteiger partial charge in [0.2, 0.25) is 11.8 Å². The minimum atomic E-state index is -0.521. The van der Waals surface area contributed by atoms with Crippen molar-refractivity contribution < 1.29 is 9.59 Å². The number of carbonyl (C=O) groups excluding carboxylic acids is 2. The first-order valence-corrected chi connectivity index (χ1v) is 9.67. The molecule has 2 amide bonds.